The molecular weight excluding hydrogens is 530 g/mol. The Bertz CT molecular complexity index is 1250. The van der Waals surface area contributed by atoms with Gasteiger partial charge in [-0.15, -0.1) is 5.10 Å². The standard InChI is InChI=1S/C25H28BrN5O3S/c1-5-6-12-35-25-29-24-27-15(2)20(23(32)28-17-10-8-7-9-11-17)21(31(24)30-25)16-13-18(26)22(34-4)19(14-16)33-3/h7-11,13-14,21H,5-6,12H2,1-4H3,(H,28,32)(H,27,29,30). The maximum Gasteiger partial charge on any atom is 0.255 e. The van der Waals surface area contributed by atoms with Gasteiger partial charge >= 0.3 is 0 Å². The van der Waals surface area contributed by atoms with Crippen molar-refractivity contribution in [3.8, 4) is 11.5 Å². The number of fused-ring (bicyclic) bond motifs is 1. The van der Waals surface area contributed by atoms with E-state index in [1.54, 1.807) is 30.7 Å². The molecule has 1 aliphatic rings. The molecule has 2 aromatic carbocycles. The number of carbonyl (C=O) groups excluding carboxylic acids is 1. The molecule has 1 unspecified atom stereocenters. The van der Waals surface area contributed by atoms with E-state index in [0.29, 0.717) is 44.0 Å². The van der Waals surface area contributed by atoms with Crippen LogP contribution in [0.15, 0.2) is 63.4 Å². The molecule has 1 aromatic heterocycles. The van der Waals surface area contributed by atoms with Gasteiger partial charge in [0.2, 0.25) is 11.1 Å². The number of carbonyl (C=O) groups is 1. The van der Waals surface area contributed by atoms with Crippen LogP contribution in [0.3, 0.4) is 0 Å². The highest BCUT2D eigenvalue weighted by atomic mass is 79.9. The number of ether oxygens (including phenoxy) is 2. The van der Waals surface area contributed by atoms with Crippen molar-refractivity contribution in [2.45, 2.75) is 37.9 Å². The van der Waals surface area contributed by atoms with Gasteiger partial charge in [0.1, 0.15) is 6.04 Å². The van der Waals surface area contributed by atoms with Crippen LogP contribution in [0.1, 0.15) is 38.3 Å². The number of rotatable bonds is 9. The minimum atomic E-state index is -0.529. The lowest BCUT2D eigenvalue weighted by molar-refractivity contribution is -0.113. The monoisotopic (exact) mass is 557 g/mol. The maximum absolute atomic E-state index is 13.6. The molecule has 2 heterocycles. The Balaban J connectivity index is 1.81. The summed E-state index contributed by atoms with van der Waals surface area (Å²) in [4.78, 5) is 18.3. The third-order valence-corrected chi connectivity index (χ3v) is 7.12. The molecule has 1 amide bonds. The lowest BCUT2D eigenvalue weighted by Gasteiger charge is -2.29. The van der Waals surface area contributed by atoms with Crippen molar-refractivity contribution < 1.29 is 14.3 Å². The minimum Gasteiger partial charge on any atom is -0.493 e. The summed E-state index contributed by atoms with van der Waals surface area (Å²) in [6, 6.07) is 12.7. The van der Waals surface area contributed by atoms with Gasteiger partial charge < -0.3 is 20.1 Å². The number of nitrogens with one attached hydrogen (secondary N) is 2. The molecule has 1 atom stereocenters. The first kappa shape index (κ1) is 25.1. The zero-order valence-corrected chi connectivity index (χ0v) is 22.5. The molecule has 0 aliphatic carbocycles. The van der Waals surface area contributed by atoms with E-state index in [4.69, 9.17) is 19.6 Å². The predicted octanol–water partition coefficient (Wildman–Crippen LogP) is 5.88. The first-order chi connectivity index (χ1) is 17.0. The molecule has 2 N–H and O–H groups in total. The summed E-state index contributed by atoms with van der Waals surface area (Å²) in [5.74, 6) is 2.43. The lowest BCUT2D eigenvalue weighted by Crippen LogP contribution is -2.31. The summed E-state index contributed by atoms with van der Waals surface area (Å²) in [5, 5.41) is 11.8. The van der Waals surface area contributed by atoms with Crippen LogP contribution in [0.5, 0.6) is 11.5 Å². The molecule has 10 heteroatoms. The van der Waals surface area contributed by atoms with E-state index >= 15 is 0 Å². The van der Waals surface area contributed by atoms with Gasteiger partial charge in [-0.1, -0.05) is 43.3 Å². The van der Waals surface area contributed by atoms with E-state index in [0.717, 1.165) is 24.2 Å². The van der Waals surface area contributed by atoms with Crippen molar-refractivity contribution in [3.05, 3.63) is 63.8 Å². The van der Waals surface area contributed by atoms with Crippen LogP contribution in [-0.2, 0) is 4.79 Å². The highest BCUT2D eigenvalue weighted by Crippen LogP contribution is 2.43. The first-order valence-corrected chi connectivity index (χ1v) is 13.1. The second-order valence-electron chi connectivity index (χ2n) is 7.99. The van der Waals surface area contributed by atoms with E-state index in [1.807, 2.05) is 49.4 Å². The van der Waals surface area contributed by atoms with Gasteiger partial charge in [0.05, 0.1) is 24.3 Å². The summed E-state index contributed by atoms with van der Waals surface area (Å²) in [5.41, 5.74) is 2.77. The number of amides is 1. The van der Waals surface area contributed by atoms with Crippen molar-refractivity contribution >= 4 is 45.2 Å². The van der Waals surface area contributed by atoms with E-state index in [9.17, 15) is 4.79 Å². The van der Waals surface area contributed by atoms with E-state index in [1.165, 1.54) is 0 Å². The minimum absolute atomic E-state index is 0.224. The summed E-state index contributed by atoms with van der Waals surface area (Å²) >= 11 is 5.20. The van der Waals surface area contributed by atoms with Gasteiger partial charge in [0.15, 0.2) is 11.5 Å². The predicted molar refractivity (Wildman–Crippen MR) is 142 cm³/mol. The van der Waals surface area contributed by atoms with E-state index in [2.05, 4.69) is 33.5 Å². The second kappa shape index (κ2) is 11.2. The van der Waals surface area contributed by atoms with Gasteiger partial charge in [0.25, 0.3) is 5.91 Å². The first-order valence-electron chi connectivity index (χ1n) is 11.3. The Kier molecular flexibility index (Phi) is 8.02. The summed E-state index contributed by atoms with van der Waals surface area (Å²) < 4.78 is 13.6. The zero-order valence-electron chi connectivity index (χ0n) is 20.1. The average Bonchev–Trinajstić information content (AvgIpc) is 3.25. The molecule has 0 saturated heterocycles. The van der Waals surface area contributed by atoms with Crippen LogP contribution >= 0.6 is 27.7 Å². The highest BCUT2D eigenvalue weighted by molar-refractivity contribution is 9.10. The number of allylic oxidation sites excluding steroid dienone is 1. The fourth-order valence-corrected chi connectivity index (χ4v) is 5.45. The van der Waals surface area contributed by atoms with Crippen molar-refractivity contribution in [1.82, 2.24) is 14.8 Å². The number of hydrogen-bond acceptors (Lipinski definition) is 7. The number of aromatic nitrogens is 3. The Morgan fingerprint density at radius 3 is 2.69 bits per heavy atom. The van der Waals surface area contributed by atoms with E-state index in [-0.39, 0.29) is 5.91 Å². The van der Waals surface area contributed by atoms with Gasteiger partial charge in [-0.25, -0.2) is 4.68 Å². The van der Waals surface area contributed by atoms with Gasteiger partial charge in [-0.2, -0.15) is 4.98 Å². The normalized spacial score (nSPS) is 14.8. The topological polar surface area (TPSA) is 90.3 Å². The Morgan fingerprint density at radius 1 is 1.23 bits per heavy atom. The molecular formula is C25H28BrN5O3S. The Labute approximate surface area is 217 Å². The number of halogens is 1. The molecule has 0 saturated carbocycles. The number of methoxy groups -OCH3 is 2. The van der Waals surface area contributed by atoms with Crippen LogP contribution in [0.4, 0.5) is 11.6 Å². The fraction of sp³-hybridized carbons (Fsp3) is 0.320. The molecule has 1 aliphatic heterocycles. The van der Waals surface area contributed by atoms with Crippen molar-refractivity contribution in [2.24, 2.45) is 0 Å². The van der Waals surface area contributed by atoms with Crippen LogP contribution < -0.4 is 20.1 Å². The zero-order chi connectivity index (χ0) is 24.9. The number of nitrogens with zero attached hydrogens (tertiary/aromatic N) is 3. The summed E-state index contributed by atoms with van der Waals surface area (Å²) in [6.45, 7) is 4.04. The highest BCUT2D eigenvalue weighted by Gasteiger charge is 2.35. The van der Waals surface area contributed by atoms with E-state index < -0.39 is 6.04 Å². The molecule has 4 rings (SSSR count). The average molecular weight is 559 g/mol. The number of para-hydroxylation sites is 1. The van der Waals surface area contributed by atoms with Gasteiger partial charge in [-0.3, -0.25) is 4.79 Å². The van der Waals surface area contributed by atoms with Crippen LogP contribution in [0.2, 0.25) is 0 Å². The lowest BCUT2D eigenvalue weighted by atomic mass is 9.94. The maximum atomic E-state index is 13.6. The smallest absolute Gasteiger partial charge is 0.255 e. The molecule has 0 bridgehead atoms. The van der Waals surface area contributed by atoms with Crippen LogP contribution in [0.25, 0.3) is 0 Å². The van der Waals surface area contributed by atoms with Crippen LogP contribution in [0, 0.1) is 0 Å². The molecule has 0 spiro atoms. The number of anilines is 2. The number of hydrogen-bond donors (Lipinski definition) is 2. The molecule has 8 nitrogen and oxygen atoms in total. The van der Waals surface area contributed by atoms with Crippen LogP contribution in [-0.4, -0.2) is 40.6 Å². The molecule has 3 aromatic rings. The third kappa shape index (κ3) is 5.33. The summed E-state index contributed by atoms with van der Waals surface area (Å²) in [6.07, 6.45) is 2.18. The fourth-order valence-electron chi connectivity index (χ4n) is 3.92. The molecule has 0 radical (unpaired) electrons. The van der Waals surface area contributed by atoms with Crippen molar-refractivity contribution in [3.63, 3.8) is 0 Å². The largest absolute Gasteiger partial charge is 0.493 e. The Morgan fingerprint density at radius 2 is 2.00 bits per heavy atom. The Hall–Kier alpha value is -2.98. The van der Waals surface area contributed by atoms with Crippen molar-refractivity contribution in [1.29, 1.82) is 0 Å². The summed E-state index contributed by atoms with van der Waals surface area (Å²) in [7, 11) is 3.18. The van der Waals surface area contributed by atoms with Crippen molar-refractivity contribution in [2.75, 3.05) is 30.6 Å². The second-order valence-corrected chi connectivity index (χ2v) is 9.91. The number of thioether (sulfide) groups is 1. The SMILES string of the molecule is CCCCSc1nc2n(n1)C(c1cc(Br)c(OC)c(OC)c1)C(C(=O)Nc1ccccc1)=C(C)N2. The third-order valence-electron chi connectivity index (χ3n) is 5.61. The van der Waals surface area contributed by atoms with Gasteiger partial charge in [-0.05, 0) is 59.1 Å². The number of unbranched alkanes of at least 4 members (excludes halogenated alkanes) is 1. The molecule has 0 fully saturated rings. The molecule has 184 valence electrons. The molecule has 35 heavy (non-hydrogen) atoms. The van der Waals surface area contributed by atoms with Gasteiger partial charge in [0, 0.05) is 17.1 Å². The quantitative estimate of drug-likeness (QED) is 0.251. The number of benzene rings is 2.